The van der Waals surface area contributed by atoms with Gasteiger partial charge in [-0.2, -0.15) is 0 Å². The fraction of sp³-hybridized carbons (Fsp3) is 0.667. The fourth-order valence-corrected chi connectivity index (χ4v) is 2.21. The number of halogens is 1. The van der Waals surface area contributed by atoms with Gasteiger partial charge in [-0.1, -0.05) is 46.5 Å². The van der Waals surface area contributed by atoms with Crippen molar-refractivity contribution < 1.29 is 4.39 Å². The highest BCUT2D eigenvalue weighted by atomic mass is 19.1. The zero-order chi connectivity index (χ0) is 12.7. The standard InChI is InChI=1S/C15H24FN/c1-4-6-7-8-9-15(3,5-2)13-10-14(16)12-17-11-13/h10-12H,4-9H2,1-3H3. The molecule has 1 unspecified atom stereocenters. The van der Waals surface area contributed by atoms with E-state index in [-0.39, 0.29) is 11.2 Å². The molecule has 0 aliphatic carbocycles. The quantitative estimate of drug-likeness (QED) is 0.617. The molecular weight excluding hydrogens is 213 g/mol. The molecule has 0 aliphatic heterocycles. The van der Waals surface area contributed by atoms with Crippen LogP contribution >= 0.6 is 0 Å². The second kappa shape index (κ2) is 6.73. The maximum absolute atomic E-state index is 13.2. The summed E-state index contributed by atoms with van der Waals surface area (Å²) in [6.45, 7) is 6.61. The van der Waals surface area contributed by atoms with Crippen LogP contribution in [0.1, 0.15) is 64.9 Å². The molecule has 0 radical (unpaired) electrons. The Labute approximate surface area is 104 Å². The summed E-state index contributed by atoms with van der Waals surface area (Å²) in [7, 11) is 0. The van der Waals surface area contributed by atoms with Crippen molar-refractivity contribution in [3.05, 3.63) is 29.8 Å². The highest BCUT2D eigenvalue weighted by Crippen LogP contribution is 2.33. The molecule has 0 N–H and O–H groups in total. The first kappa shape index (κ1) is 14.1. The molecule has 17 heavy (non-hydrogen) atoms. The number of aromatic nitrogens is 1. The number of hydrogen-bond donors (Lipinski definition) is 0. The molecule has 0 amide bonds. The first-order chi connectivity index (χ1) is 8.12. The van der Waals surface area contributed by atoms with Crippen LogP contribution < -0.4 is 0 Å². The van der Waals surface area contributed by atoms with Gasteiger partial charge in [0.1, 0.15) is 5.82 Å². The van der Waals surface area contributed by atoms with Crippen LogP contribution in [0.5, 0.6) is 0 Å². The van der Waals surface area contributed by atoms with Crippen LogP contribution in [0.2, 0.25) is 0 Å². The van der Waals surface area contributed by atoms with Gasteiger partial charge in [0.05, 0.1) is 6.20 Å². The van der Waals surface area contributed by atoms with Crippen LogP contribution in [-0.2, 0) is 5.41 Å². The summed E-state index contributed by atoms with van der Waals surface area (Å²) in [4.78, 5) is 3.97. The van der Waals surface area contributed by atoms with Gasteiger partial charge in [0, 0.05) is 6.20 Å². The summed E-state index contributed by atoms with van der Waals surface area (Å²) in [6.07, 6.45) is 10.3. The third-order valence-electron chi connectivity index (χ3n) is 3.76. The van der Waals surface area contributed by atoms with Crippen LogP contribution in [0.3, 0.4) is 0 Å². The first-order valence-electron chi connectivity index (χ1n) is 6.73. The van der Waals surface area contributed by atoms with E-state index in [1.807, 2.05) is 6.20 Å². The van der Waals surface area contributed by atoms with Crippen molar-refractivity contribution in [1.29, 1.82) is 0 Å². The van der Waals surface area contributed by atoms with E-state index >= 15 is 0 Å². The summed E-state index contributed by atoms with van der Waals surface area (Å²) in [5, 5.41) is 0. The van der Waals surface area contributed by atoms with Crippen LogP contribution in [0, 0.1) is 5.82 Å². The van der Waals surface area contributed by atoms with Gasteiger partial charge in [-0.3, -0.25) is 4.98 Å². The molecule has 2 heteroatoms. The number of pyridine rings is 1. The number of hydrogen-bond acceptors (Lipinski definition) is 1. The van der Waals surface area contributed by atoms with E-state index in [0.29, 0.717) is 0 Å². The molecule has 0 bridgehead atoms. The second-order valence-corrected chi connectivity index (χ2v) is 5.12. The minimum absolute atomic E-state index is 0.0723. The molecule has 0 spiro atoms. The minimum Gasteiger partial charge on any atom is -0.261 e. The van der Waals surface area contributed by atoms with Gasteiger partial charge in [-0.05, 0) is 29.9 Å². The smallest absolute Gasteiger partial charge is 0.141 e. The average Bonchev–Trinajstić information content (AvgIpc) is 2.34. The zero-order valence-electron chi connectivity index (χ0n) is 11.3. The third kappa shape index (κ3) is 4.10. The molecule has 96 valence electrons. The van der Waals surface area contributed by atoms with Crippen molar-refractivity contribution in [2.75, 3.05) is 0 Å². The highest BCUT2D eigenvalue weighted by molar-refractivity contribution is 5.21. The van der Waals surface area contributed by atoms with Gasteiger partial charge in [0.2, 0.25) is 0 Å². The summed E-state index contributed by atoms with van der Waals surface area (Å²) in [5.41, 5.74) is 1.11. The molecule has 1 atom stereocenters. The Balaban J connectivity index is 2.67. The van der Waals surface area contributed by atoms with Gasteiger partial charge in [-0.25, -0.2) is 4.39 Å². The van der Waals surface area contributed by atoms with Gasteiger partial charge in [0.25, 0.3) is 0 Å². The lowest BCUT2D eigenvalue weighted by atomic mass is 9.76. The topological polar surface area (TPSA) is 12.9 Å². The molecular formula is C15H24FN. The van der Waals surface area contributed by atoms with Crippen LogP contribution in [0.25, 0.3) is 0 Å². The zero-order valence-corrected chi connectivity index (χ0v) is 11.3. The molecule has 0 saturated carbocycles. The SMILES string of the molecule is CCCCCCC(C)(CC)c1cncc(F)c1. The van der Waals surface area contributed by atoms with Crippen molar-refractivity contribution in [2.24, 2.45) is 0 Å². The Hall–Kier alpha value is -0.920. The van der Waals surface area contributed by atoms with E-state index in [9.17, 15) is 4.39 Å². The van der Waals surface area contributed by atoms with Crippen molar-refractivity contribution in [2.45, 2.75) is 64.7 Å². The Morgan fingerprint density at radius 1 is 1.18 bits per heavy atom. The fourth-order valence-electron chi connectivity index (χ4n) is 2.21. The number of nitrogens with zero attached hydrogens (tertiary/aromatic N) is 1. The lowest BCUT2D eigenvalue weighted by Crippen LogP contribution is -2.21. The van der Waals surface area contributed by atoms with Gasteiger partial charge >= 0.3 is 0 Å². The Morgan fingerprint density at radius 2 is 1.94 bits per heavy atom. The molecule has 0 fully saturated rings. The van der Waals surface area contributed by atoms with E-state index < -0.39 is 0 Å². The predicted molar refractivity (Wildman–Crippen MR) is 70.6 cm³/mol. The van der Waals surface area contributed by atoms with Crippen LogP contribution in [0.4, 0.5) is 4.39 Å². The van der Waals surface area contributed by atoms with E-state index in [4.69, 9.17) is 0 Å². The van der Waals surface area contributed by atoms with Crippen LogP contribution in [0.15, 0.2) is 18.5 Å². The number of unbranched alkanes of at least 4 members (excludes halogenated alkanes) is 3. The van der Waals surface area contributed by atoms with Crippen molar-refractivity contribution >= 4 is 0 Å². The lowest BCUT2D eigenvalue weighted by molar-refractivity contribution is 0.392. The molecule has 0 aromatic carbocycles. The van der Waals surface area contributed by atoms with Gasteiger partial charge < -0.3 is 0 Å². The molecule has 1 rings (SSSR count). The van der Waals surface area contributed by atoms with Gasteiger partial charge in [-0.15, -0.1) is 0 Å². The van der Waals surface area contributed by atoms with E-state index in [2.05, 4.69) is 25.8 Å². The Kier molecular flexibility index (Phi) is 5.60. The minimum atomic E-state index is -0.226. The largest absolute Gasteiger partial charge is 0.261 e. The summed E-state index contributed by atoms with van der Waals surface area (Å²) in [6, 6.07) is 1.64. The first-order valence-corrected chi connectivity index (χ1v) is 6.73. The van der Waals surface area contributed by atoms with Crippen LogP contribution in [-0.4, -0.2) is 4.98 Å². The molecule has 1 aromatic heterocycles. The van der Waals surface area contributed by atoms with E-state index in [0.717, 1.165) is 18.4 Å². The molecule has 0 aliphatic rings. The highest BCUT2D eigenvalue weighted by Gasteiger charge is 2.24. The maximum atomic E-state index is 13.2. The normalized spacial score (nSPS) is 14.6. The third-order valence-corrected chi connectivity index (χ3v) is 3.76. The van der Waals surface area contributed by atoms with Crippen molar-refractivity contribution in [1.82, 2.24) is 4.98 Å². The summed E-state index contributed by atoms with van der Waals surface area (Å²) >= 11 is 0. The Morgan fingerprint density at radius 3 is 2.53 bits per heavy atom. The maximum Gasteiger partial charge on any atom is 0.141 e. The number of rotatable bonds is 7. The Bertz CT molecular complexity index is 337. The monoisotopic (exact) mass is 237 g/mol. The summed E-state index contributed by atoms with van der Waals surface area (Å²) in [5.74, 6) is -0.226. The van der Waals surface area contributed by atoms with Crippen molar-refractivity contribution in [3.8, 4) is 0 Å². The molecule has 0 saturated heterocycles. The van der Waals surface area contributed by atoms with Crippen molar-refractivity contribution in [3.63, 3.8) is 0 Å². The van der Waals surface area contributed by atoms with E-state index in [1.54, 1.807) is 6.07 Å². The summed E-state index contributed by atoms with van der Waals surface area (Å²) < 4.78 is 13.2. The molecule has 1 nitrogen and oxygen atoms in total. The lowest BCUT2D eigenvalue weighted by Gasteiger charge is -2.28. The van der Waals surface area contributed by atoms with Gasteiger partial charge in [0.15, 0.2) is 0 Å². The second-order valence-electron chi connectivity index (χ2n) is 5.12. The predicted octanol–water partition coefficient (Wildman–Crippen LogP) is 4.86. The average molecular weight is 237 g/mol. The molecule has 1 heterocycles. The molecule has 1 aromatic rings. The van der Waals surface area contributed by atoms with E-state index in [1.165, 1.54) is 31.9 Å².